The van der Waals surface area contributed by atoms with E-state index < -0.39 is 5.97 Å². The summed E-state index contributed by atoms with van der Waals surface area (Å²) in [5, 5.41) is 11.7. The largest absolute Gasteiger partial charge is 0.481 e. The Bertz CT molecular complexity index is 694. The van der Waals surface area contributed by atoms with Crippen LogP contribution in [0.4, 0.5) is 0 Å². The lowest BCUT2D eigenvalue weighted by molar-refractivity contribution is -0.145. The van der Waals surface area contributed by atoms with Gasteiger partial charge < -0.3 is 10.0 Å². The summed E-state index contributed by atoms with van der Waals surface area (Å²) in [5.41, 5.74) is 1.54. The highest BCUT2D eigenvalue weighted by Crippen LogP contribution is 2.23. The minimum absolute atomic E-state index is 0.00621. The predicted octanol–water partition coefficient (Wildman–Crippen LogP) is 2.07. The molecular formula is C16H17N3O3S. The molecule has 23 heavy (non-hydrogen) atoms. The number of rotatable bonds is 4. The Labute approximate surface area is 137 Å². The van der Waals surface area contributed by atoms with E-state index in [0.717, 1.165) is 16.4 Å². The van der Waals surface area contributed by atoms with Gasteiger partial charge in [-0.2, -0.15) is 0 Å². The van der Waals surface area contributed by atoms with Crippen molar-refractivity contribution in [3.63, 3.8) is 0 Å². The molecule has 120 valence electrons. The molecular weight excluding hydrogens is 314 g/mol. The van der Waals surface area contributed by atoms with Crippen LogP contribution in [0.25, 0.3) is 10.7 Å². The van der Waals surface area contributed by atoms with Gasteiger partial charge in [0, 0.05) is 24.7 Å². The van der Waals surface area contributed by atoms with E-state index in [0.29, 0.717) is 25.9 Å². The number of aromatic nitrogens is 2. The van der Waals surface area contributed by atoms with Gasteiger partial charge in [0.25, 0.3) is 0 Å². The monoisotopic (exact) mass is 331 g/mol. The van der Waals surface area contributed by atoms with Crippen LogP contribution in [0, 0.1) is 5.92 Å². The highest BCUT2D eigenvalue weighted by molar-refractivity contribution is 7.13. The van der Waals surface area contributed by atoms with Crippen LogP contribution >= 0.6 is 11.3 Å². The number of carboxylic acid groups (broad SMARTS) is 1. The highest BCUT2D eigenvalue weighted by Gasteiger charge is 2.27. The van der Waals surface area contributed by atoms with E-state index in [-0.39, 0.29) is 18.2 Å². The van der Waals surface area contributed by atoms with Crippen molar-refractivity contribution in [2.75, 3.05) is 13.1 Å². The third-order valence-corrected chi connectivity index (χ3v) is 4.88. The maximum Gasteiger partial charge on any atom is 0.306 e. The molecule has 6 nitrogen and oxygen atoms in total. The lowest BCUT2D eigenvalue weighted by Crippen LogP contribution is -2.41. The minimum Gasteiger partial charge on any atom is -0.481 e. The van der Waals surface area contributed by atoms with Gasteiger partial charge in [0.05, 0.1) is 23.7 Å². The molecule has 1 aliphatic rings. The standard InChI is InChI=1S/C16H17N3O3S/c20-14(19-7-4-11(5-8-19)16(21)22)9-12-10-23-15(18-12)13-3-1-2-6-17-13/h1-3,6,10-11H,4-5,7-9H2,(H,21,22). The van der Waals surface area contributed by atoms with Crippen molar-refractivity contribution in [1.82, 2.24) is 14.9 Å². The van der Waals surface area contributed by atoms with Crippen molar-refractivity contribution in [3.8, 4) is 10.7 Å². The second-order valence-corrected chi connectivity index (χ2v) is 6.39. The third kappa shape index (κ3) is 3.73. The molecule has 2 aromatic heterocycles. The fourth-order valence-corrected chi connectivity index (χ4v) is 3.43. The fraction of sp³-hybridized carbons (Fsp3) is 0.375. The molecule has 3 rings (SSSR count). The molecule has 1 aliphatic heterocycles. The summed E-state index contributed by atoms with van der Waals surface area (Å²) in [6.45, 7) is 1.01. The summed E-state index contributed by atoms with van der Waals surface area (Å²) in [4.78, 5) is 33.7. The molecule has 3 heterocycles. The molecule has 0 aliphatic carbocycles. The van der Waals surface area contributed by atoms with Gasteiger partial charge in [-0.3, -0.25) is 14.6 Å². The number of amides is 1. The molecule has 7 heteroatoms. The molecule has 1 amide bonds. The van der Waals surface area contributed by atoms with Gasteiger partial charge in [-0.05, 0) is 25.0 Å². The molecule has 0 aromatic carbocycles. The zero-order valence-electron chi connectivity index (χ0n) is 12.5. The molecule has 0 unspecified atom stereocenters. The fourth-order valence-electron chi connectivity index (χ4n) is 2.64. The number of thiazole rings is 1. The quantitative estimate of drug-likeness (QED) is 0.927. The van der Waals surface area contributed by atoms with E-state index in [4.69, 9.17) is 5.11 Å². The summed E-state index contributed by atoms with van der Waals surface area (Å²) >= 11 is 1.47. The number of hydrogen-bond donors (Lipinski definition) is 1. The average molecular weight is 331 g/mol. The van der Waals surface area contributed by atoms with E-state index in [1.807, 2.05) is 23.6 Å². The number of carbonyl (C=O) groups excluding carboxylic acids is 1. The van der Waals surface area contributed by atoms with Gasteiger partial charge in [0.15, 0.2) is 0 Å². The Kier molecular flexibility index (Phi) is 4.66. The molecule has 1 N–H and O–H groups in total. The first-order chi connectivity index (χ1) is 11.1. The summed E-state index contributed by atoms with van der Waals surface area (Å²) in [5.74, 6) is -1.09. The van der Waals surface area contributed by atoms with Crippen molar-refractivity contribution < 1.29 is 14.7 Å². The van der Waals surface area contributed by atoms with Crippen molar-refractivity contribution >= 4 is 23.2 Å². The van der Waals surface area contributed by atoms with Crippen LogP contribution in [-0.4, -0.2) is 44.9 Å². The maximum atomic E-state index is 12.3. The van der Waals surface area contributed by atoms with Crippen LogP contribution in [0.1, 0.15) is 18.5 Å². The number of pyridine rings is 1. The Balaban J connectivity index is 1.59. The zero-order valence-corrected chi connectivity index (χ0v) is 13.3. The number of carboxylic acids is 1. The summed E-state index contributed by atoms with van der Waals surface area (Å²) < 4.78 is 0. The molecule has 0 atom stereocenters. The van der Waals surface area contributed by atoms with Crippen LogP contribution in [0.5, 0.6) is 0 Å². The smallest absolute Gasteiger partial charge is 0.306 e. The Morgan fingerprint density at radius 3 is 2.74 bits per heavy atom. The van der Waals surface area contributed by atoms with E-state index in [9.17, 15) is 9.59 Å². The molecule has 1 fully saturated rings. The first-order valence-corrected chi connectivity index (χ1v) is 8.38. The zero-order chi connectivity index (χ0) is 16.2. The van der Waals surface area contributed by atoms with Crippen molar-refractivity contribution in [2.45, 2.75) is 19.3 Å². The molecule has 0 bridgehead atoms. The number of nitrogens with zero attached hydrogens (tertiary/aromatic N) is 3. The summed E-state index contributed by atoms with van der Waals surface area (Å²) in [7, 11) is 0. The second-order valence-electron chi connectivity index (χ2n) is 5.53. The van der Waals surface area contributed by atoms with Gasteiger partial charge in [0.1, 0.15) is 5.01 Å². The number of likely N-dealkylation sites (tertiary alicyclic amines) is 1. The summed E-state index contributed by atoms with van der Waals surface area (Å²) in [6, 6.07) is 5.64. The molecule has 0 radical (unpaired) electrons. The van der Waals surface area contributed by atoms with Gasteiger partial charge >= 0.3 is 5.97 Å². The maximum absolute atomic E-state index is 12.3. The first-order valence-electron chi connectivity index (χ1n) is 7.50. The average Bonchev–Trinajstić information content (AvgIpc) is 3.04. The van der Waals surface area contributed by atoms with E-state index in [1.165, 1.54) is 11.3 Å². The number of piperidine rings is 1. The van der Waals surface area contributed by atoms with E-state index in [1.54, 1.807) is 11.1 Å². The van der Waals surface area contributed by atoms with Crippen LogP contribution in [0.2, 0.25) is 0 Å². The minimum atomic E-state index is -0.767. The van der Waals surface area contributed by atoms with Gasteiger partial charge in [-0.1, -0.05) is 6.07 Å². The van der Waals surface area contributed by atoms with Crippen molar-refractivity contribution in [3.05, 3.63) is 35.5 Å². The van der Waals surface area contributed by atoms with E-state index >= 15 is 0 Å². The van der Waals surface area contributed by atoms with Crippen LogP contribution in [0.15, 0.2) is 29.8 Å². The molecule has 2 aromatic rings. The van der Waals surface area contributed by atoms with E-state index in [2.05, 4.69) is 9.97 Å². The van der Waals surface area contributed by atoms with Crippen LogP contribution in [-0.2, 0) is 16.0 Å². The lowest BCUT2D eigenvalue weighted by atomic mass is 9.97. The lowest BCUT2D eigenvalue weighted by Gasteiger charge is -2.30. The predicted molar refractivity (Wildman–Crippen MR) is 86.0 cm³/mol. The Hall–Kier alpha value is -2.28. The number of aliphatic carboxylic acids is 1. The van der Waals surface area contributed by atoms with Crippen LogP contribution in [0.3, 0.4) is 0 Å². The third-order valence-electron chi connectivity index (χ3n) is 3.97. The Morgan fingerprint density at radius 1 is 1.30 bits per heavy atom. The first kappa shape index (κ1) is 15.6. The number of hydrogen-bond acceptors (Lipinski definition) is 5. The highest BCUT2D eigenvalue weighted by atomic mass is 32.1. The van der Waals surface area contributed by atoms with Gasteiger partial charge in [-0.25, -0.2) is 4.98 Å². The van der Waals surface area contributed by atoms with Crippen molar-refractivity contribution in [1.29, 1.82) is 0 Å². The molecule has 0 saturated carbocycles. The van der Waals surface area contributed by atoms with Gasteiger partial charge in [-0.15, -0.1) is 11.3 Å². The molecule has 0 spiro atoms. The summed E-state index contributed by atoms with van der Waals surface area (Å²) in [6.07, 6.45) is 3.02. The number of carbonyl (C=O) groups is 2. The van der Waals surface area contributed by atoms with Gasteiger partial charge in [0.2, 0.25) is 5.91 Å². The van der Waals surface area contributed by atoms with Crippen LogP contribution < -0.4 is 0 Å². The topological polar surface area (TPSA) is 83.4 Å². The van der Waals surface area contributed by atoms with Crippen molar-refractivity contribution in [2.24, 2.45) is 5.92 Å². The molecule has 1 saturated heterocycles. The normalized spacial score (nSPS) is 15.6. The Morgan fingerprint density at radius 2 is 2.09 bits per heavy atom. The second kappa shape index (κ2) is 6.87. The SMILES string of the molecule is O=C(O)C1CCN(C(=O)Cc2csc(-c3ccccn3)n2)CC1.